The Morgan fingerprint density at radius 3 is 2.19 bits per heavy atom. The Morgan fingerprint density at radius 2 is 1.68 bits per heavy atom. The second-order valence-corrected chi connectivity index (χ2v) is 12.2. The Hall–Kier alpha value is -2.50. The molecule has 0 bridgehead atoms. The predicted octanol–water partition coefficient (Wildman–Crippen LogP) is 5.11. The van der Waals surface area contributed by atoms with Crippen LogP contribution in [0.15, 0.2) is 42.5 Å². The number of sulfonamides is 1. The average molecular weight is 582 g/mol. The van der Waals surface area contributed by atoms with Gasteiger partial charge in [-0.3, -0.25) is 13.9 Å². The van der Waals surface area contributed by atoms with Crippen molar-refractivity contribution in [2.24, 2.45) is 0 Å². The van der Waals surface area contributed by atoms with Gasteiger partial charge in [-0.15, -0.1) is 0 Å². The summed E-state index contributed by atoms with van der Waals surface area (Å²) in [5.74, 6) is -1.31. The van der Waals surface area contributed by atoms with E-state index >= 15 is 0 Å². The number of carbonyl (C=O) groups is 2. The normalized spacial score (nSPS) is 13.1. The molecule has 37 heavy (non-hydrogen) atoms. The van der Waals surface area contributed by atoms with Crippen LogP contribution in [0, 0.1) is 0 Å². The van der Waals surface area contributed by atoms with Gasteiger partial charge < -0.3 is 10.2 Å². The third-order valence-electron chi connectivity index (χ3n) is 5.13. The Balaban J connectivity index is 2.50. The van der Waals surface area contributed by atoms with E-state index in [1.165, 1.54) is 6.92 Å². The molecule has 0 fully saturated rings. The fourth-order valence-electron chi connectivity index (χ4n) is 3.39. The standard InChI is InChI=1S/C24H28Cl2F3N3O4S/c1-15(22(34)30-23(2,3)4)31(13-16-7-6-8-17(25)11-16)21(33)14-32(37(5,35)36)18-9-10-20(26)19(12-18)24(27,28)29/h6-12,15H,13-14H2,1-5H3,(H,30,34)/t15-/m0/s1. The number of nitrogens with zero attached hydrogens (tertiary/aromatic N) is 2. The summed E-state index contributed by atoms with van der Waals surface area (Å²) >= 11 is 11.7. The largest absolute Gasteiger partial charge is 0.417 e. The lowest BCUT2D eigenvalue weighted by atomic mass is 10.1. The quantitative estimate of drug-likeness (QED) is 0.469. The van der Waals surface area contributed by atoms with Crippen molar-refractivity contribution in [1.82, 2.24) is 10.2 Å². The molecular weight excluding hydrogens is 554 g/mol. The first kappa shape index (κ1) is 30.7. The van der Waals surface area contributed by atoms with E-state index in [1.807, 2.05) is 0 Å². The second kappa shape index (κ2) is 11.5. The third-order valence-corrected chi connectivity index (χ3v) is 6.84. The van der Waals surface area contributed by atoms with E-state index in [0.717, 1.165) is 23.3 Å². The predicted molar refractivity (Wildman–Crippen MR) is 138 cm³/mol. The molecule has 0 radical (unpaired) electrons. The van der Waals surface area contributed by atoms with E-state index in [0.29, 0.717) is 21.0 Å². The van der Waals surface area contributed by atoms with Crippen molar-refractivity contribution in [1.29, 1.82) is 0 Å². The Morgan fingerprint density at radius 1 is 1.05 bits per heavy atom. The highest BCUT2D eigenvalue weighted by atomic mass is 35.5. The molecule has 1 N–H and O–H groups in total. The van der Waals surface area contributed by atoms with Gasteiger partial charge in [0.15, 0.2) is 0 Å². The zero-order chi connectivity index (χ0) is 28.3. The van der Waals surface area contributed by atoms with Crippen molar-refractivity contribution in [3.8, 4) is 0 Å². The third kappa shape index (κ3) is 8.79. The zero-order valence-corrected chi connectivity index (χ0v) is 23.2. The van der Waals surface area contributed by atoms with Gasteiger partial charge in [-0.2, -0.15) is 13.2 Å². The fraction of sp³-hybridized carbons (Fsp3) is 0.417. The number of hydrogen-bond acceptors (Lipinski definition) is 4. The Bertz CT molecular complexity index is 1260. The number of halogens is 5. The van der Waals surface area contributed by atoms with Crippen LogP contribution < -0.4 is 9.62 Å². The van der Waals surface area contributed by atoms with Gasteiger partial charge in [0.05, 0.1) is 22.5 Å². The molecule has 204 valence electrons. The molecule has 2 aromatic rings. The van der Waals surface area contributed by atoms with E-state index in [9.17, 15) is 31.2 Å². The zero-order valence-electron chi connectivity index (χ0n) is 20.9. The number of rotatable bonds is 8. The fourth-order valence-corrected chi connectivity index (χ4v) is 4.67. The monoisotopic (exact) mass is 581 g/mol. The molecule has 0 heterocycles. The molecule has 0 aromatic heterocycles. The molecule has 7 nitrogen and oxygen atoms in total. The summed E-state index contributed by atoms with van der Waals surface area (Å²) in [4.78, 5) is 27.5. The second-order valence-electron chi connectivity index (χ2n) is 9.50. The molecule has 0 aliphatic carbocycles. The van der Waals surface area contributed by atoms with Gasteiger partial charge in [0, 0.05) is 17.1 Å². The molecule has 0 spiro atoms. The van der Waals surface area contributed by atoms with Crippen LogP contribution in [0.5, 0.6) is 0 Å². The lowest BCUT2D eigenvalue weighted by Crippen LogP contribution is -2.54. The summed E-state index contributed by atoms with van der Waals surface area (Å²) in [5.41, 5.74) is -1.71. The van der Waals surface area contributed by atoms with Crippen molar-refractivity contribution in [2.45, 2.75) is 52.0 Å². The van der Waals surface area contributed by atoms with E-state index in [-0.39, 0.29) is 6.54 Å². The number of hydrogen-bond donors (Lipinski definition) is 1. The van der Waals surface area contributed by atoms with Gasteiger partial charge >= 0.3 is 6.18 Å². The minimum atomic E-state index is -4.85. The van der Waals surface area contributed by atoms with E-state index in [1.54, 1.807) is 45.0 Å². The molecule has 2 rings (SSSR count). The number of amides is 2. The molecule has 2 aromatic carbocycles. The van der Waals surface area contributed by atoms with Crippen molar-refractivity contribution in [2.75, 3.05) is 17.1 Å². The van der Waals surface area contributed by atoms with E-state index in [2.05, 4.69) is 5.32 Å². The first-order valence-electron chi connectivity index (χ1n) is 11.0. The number of anilines is 1. The lowest BCUT2D eigenvalue weighted by molar-refractivity contribution is -0.140. The highest BCUT2D eigenvalue weighted by Crippen LogP contribution is 2.37. The number of carbonyl (C=O) groups excluding carboxylic acids is 2. The first-order valence-corrected chi connectivity index (χ1v) is 13.6. The van der Waals surface area contributed by atoms with Crippen LogP contribution in [0.1, 0.15) is 38.8 Å². The molecule has 0 unspecified atom stereocenters. The summed E-state index contributed by atoms with van der Waals surface area (Å²) in [6.45, 7) is 5.77. The average Bonchev–Trinajstić information content (AvgIpc) is 2.73. The molecule has 0 aliphatic heterocycles. The van der Waals surface area contributed by atoms with Crippen LogP contribution in [0.2, 0.25) is 10.0 Å². The van der Waals surface area contributed by atoms with Gasteiger partial charge in [-0.05, 0) is 63.6 Å². The Labute approximate surface area is 224 Å². The van der Waals surface area contributed by atoms with Crippen LogP contribution in [0.3, 0.4) is 0 Å². The summed E-state index contributed by atoms with van der Waals surface area (Å²) in [7, 11) is -4.22. The van der Waals surface area contributed by atoms with Gasteiger partial charge in [0.2, 0.25) is 21.8 Å². The highest BCUT2D eigenvalue weighted by molar-refractivity contribution is 7.92. The molecule has 0 saturated heterocycles. The number of benzene rings is 2. The van der Waals surface area contributed by atoms with Gasteiger partial charge in [-0.25, -0.2) is 8.42 Å². The highest BCUT2D eigenvalue weighted by Gasteiger charge is 2.36. The van der Waals surface area contributed by atoms with E-state index in [4.69, 9.17) is 23.2 Å². The first-order chi connectivity index (χ1) is 16.8. The maximum Gasteiger partial charge on any atom is 0.417 e. The van der Waals surface area contributed by atoms with Crippen LogP contribution in [-0.4, -0.2) is 49.5 Å². The van der Waals surface area contributed by atoms with Crippen molar-refractivity contribution in [3.05, 3.63) is 63.6 Å². The topological polar surface area (TPSA) is 86.8 Å². The van der Waals surface area contributed by atoms with Crippen molar-refractivity contribution < 1.29 is 31.2 Å². The smallest absolute Gasteiger partial charge is 0.350 e. The van der Waals surface area contributed by atoms with Crippen LogP contribution in [0.4, 0.5) is 18.9 Å². The SMILES string of the molecule is C[C@@H](C(=O)NC(C)(C)C)N(Cc1cccc(Cl)c1)C(=O)CN(c1ccc(Cl)c(C(F)(F)F)c1)S(C)(=O)=O. The summed E-state index contributed by atoms with van der Waals surface area (Å²) < 4.78 is 65.9. The minimum Gasteiger partial charge on any atom is -0.350 e. The van der Waals surface area contributed by atoms with Crippen molar-refractivity contribution >= 4 is 50.7 Å². The molecule has 13 heteroatoms. The van der Waals surface area contributed by atoms with Gasteiger partial charge in [0.25, 0.3) is 0 Å². The van der Waals surface area contributed by atoms with Gasteiger partial charge in [0.1, 0.15) is 12.6 Å². The van der Waals surface area contributed by atoms with Crippen LogP contribution in [-0.2, 0) is 32.3 Å². The molecular formula is C24H28Cl2F3N3O4S. The van der Waals surface area contributed by atoms with Crippen LogP contribution >= 0.6 is 23.2 Å². The maximum atomic E-state index is 13.5. The molecule has 2 amide bonds. The van der Waals surface area contributed by atoms with Gasteiger partial charge in [-0.1, -0.05) is 35.3 Å². The number of alkyl halides is 3. The van der Waals surface area contributed by atoms with E-state index < -0.39 is 62.4 Å². The lowest BCUT2D eigenvalue weighted by Gasteiger charge is -2.33. The Kier molecular flexibility index (Phi) is 9.54. The summed E-state index contributed by atoms with van der Waals surface area (Å²) in [6.07, 6.45) is -4.09. The minimum absolute atomic E-state index is 0.107. The molecule has 1 atom stereocenters. The summed E-state index contributed by atoms with van der Waals surface area (Å²) in [5, 5.41) is 2.53. The maximum absolute atomic E-state index is 13.5. The molecule has 0 aliphatic rings. The molecule has 0 saturated carbocycles. The van der Waals surface area contributed by atoms with Crippen molar-refractivity contribution in [3.63, 3.8) is 0 Å². The van der Waals surface area contributed by atoms with Crippen LogP contribution in [0.25, 0.3) is 0 Å². The summed E-state index contributed by atoms with van der Waals surface area (Å²) in [6, 6.07) is 8.01. The number of nitrogens with one attached hydrogen (secondary N) is 1.